The van der Waals surface area contributed by atoms with Gasteiger partial charge in [-0.05, 0) is 23.1 Å². The highest BCUT2D eigenvalue weighted by molar-refractivity contribution is 6.31. The van der Waals surface area contributed by atoms with Crippen LogP contribution in [0.25, 0.3) is 10.8 Å². The van der Waals surface area contributed by atoms with E-state index in [0.717, 1.165) is 16.3 Å². The number of hydrogen-bond donors (Lipinski definition) is 0. The molecule has 4 heteroatoms. The summed E-state index contributed by atoms with van der Waals surface area (Å²) in [4.78, 5) is 13.9. The van der Waals surface area contributed by atoms with Gasteiger partial charge in [0.05, 0.1) is 0 Å². The lowest BCUT2D eigenvalue weighted by Gasteiger charge is -2.18. The van der Waals surface area contributed by atoms with Crippen LogP contribution in [-0.4, -0.2) is 24.5 Å². The lowest BCUT2D eigenvalue weighted by Crippen LogP contribution is -2.31. The second kappa shape index (κ2) is 7.37. The number of ether oxygens (including phenoxy) is 1. The normalized spacial score (nSPS) is 10.6. The third-order valence-corrected chi connectivity index (χ3v) is 4.26. The van der Waals surface area contributed by atoms with Gasteiger partial charge in [-0.1, -0.05) is 66.2 Å². The van der Waals surface area contributed by atoms with E-state index in [-0.39, 0.29) is 12.5 Å². The zero-order valence-corrected chi connectivity index (χ0v) is 14.2. The van der Waals surface area contributed by atoms with Crippen molar-refractivity contribution in [1.29, 1.82) is 0 Å². The van der Waals surface area contributed by atoms with Gasteiger partial charge in [-0.2, -0.15) is 0 Å². The van der Waals surface area contributed by atoms with Gasteiger partial charge in [0, 0.05) is 24.0 Å². The van der Waals surface area contributed by atoms with E-state index in [1.54, 1.807) is 11.9 Å². The first-order valence-electron chi connectivity index (χ1n) is 7.73. The van der Waals surface area contributed by atoms with E-state index in [0.29, 0.717) is 17.3 Å². The fourth-order valence-corrected chi connectivity index (χ4v) is 2.74. The van der Waals surface area contributed by atoms with Crippen LogP contribution in [-0.2, 0) is 11.3 Å². The third-order valence-electron chi connectivity index (χ3n) is 3.89. The van der Waals surface area contributed by atoms with Crippen LogP contribution in [0.15, 0.2) is 66.7 Å². The van der Waals surface area contributed by atoms with Crippen molar-refractivity contribution in [1.82, 2.24) is 4.90 Å². The predicted molar refractivity (Wildman–Crippen MR) is 97.4 cm³/mol. The Morgan fingerprint density at radius 2 is 1.71 bits per heavy atom. The maximum Gasteiger partial charge on any atom is 0.260 e. The number of benzene rings is 3. The molecule has 0 saturated carbocycles. The molecule has 0 heterocycles. The number of nitrogens with zero attached hydrogens (tertiary/aromatic N) is 1. The molecule has 0 saturated heterocycles. The quantitative estimate of drug-likeness (QED) is 0.683. The predicted octanol–water partition coefficient (Wildman–Crippen LogP) is 4.53. The van der Waals surface area contributed by atoms with Crippen LogP contribution in [0.1, 0.15) is 5.56 Å². The molecule has 0 aliphatic carbocycles. The molecule has 0 unspecified atom stereocenters. The van der Waals surface area contributed by atoms with Gasteiger partial charge in [-0.15, -0.1) is 0 Å². The summed E-state index contributed by atoms with van der Waals surface area (Å²) in [5.41, 5.74) is 0.917. The Morgan fingerprint density at radius 3 is 2.54 bits per heavy atom. The van der Waals surface area contributed by atoms with Gasteiger partial charge in [0.1, 0.15) is 5.75 Å². The Kier molecular flexibility index (Phi) is 5.02. The summed E-state index contributed by atoms with van der Waals surface area (Å²) in [6, 6.07) is 21.3. The largest absolute Gasteiger partial charge is 0.483 e. The molecular weight excluding hydrogens is 322 g/mol. The van der Waals surface area contributed by atoms with Gasteiger partial charge in [-0.3, -0.25) is 4.79 Å². The summed E-state index contributed by atoms with van der Waals surface area (Å²) in [6.07, 6.45) is 0. The molecule has 0 fully saturated rings. The minimum Gasteiger partial charge on any atom is -0.483 e. The molecule has 0 aliphatic heterocycles. The summed E-state index contributed by atoms with van der Waals surface area (Å²) in [7, 11) is 1.75. The van der Waals surface area contributed by atoms with Crippen LogP contribution in [0.3, 0.4) is 0 Å². The Hall–Kier alpha value is -2.52. The number of rotatable bonds is 5. The van der Waals surface area contributed by atoms with E-state index in [1.165, 1.54) is 0 Å². The van der Waals surface area contributed by atoms with Gasteiger partial charge in [-0.25, -0.2) is 0 Å². The van der Waals surface area contributed by atoms with Crippen molar-refractivity contribution in [2.24, 2.45) is 0 Å². The first-order chi connectivity index (χ1) is 11.6. The van der Waals surface area contributed by atoms with Crippen molar-refractivity contribution < 1.29 is 9.53 Å². The minimum atomic E-state index is -0.0946. The topological polar surface area (TPSA) is 29.5 Å². The maximum atomic E-state index is 12.3. The lowest BCUT2D eigenvalue weighted by atomic mass is 10.1. The number of fused-ring (bicyclic) bond motifs is 1. The van der Waals surface area contributed by atoms with Crippen LogP contribution < -0.4 is 4.74 Å². The molecule has 1 amide bonds. The van der Waals surface area contributed by atoms with Crippen molar-refractivity contribution in [2.75, 3.05) is 13.7 Å². The van der Waals surface area contributed by atoms with Crippen molar-refractivity contribution in [3.8, 4) is 5.75 Å². The Bertz CT molecular complexity index is 858. The lowest BCUT2D eigenvalue weighted by molar-refractivity contribution is -0.132. The van der Waals surface area contributed by atoms with Gasteiger partial charge < -0.3 is 9.64 Å². The number of halogens is 1. The molecule has 0 bridgehead atoms. The first-order valence-corrected chi connectivity index (χ1v) is 8.11. The van der Waals surface area contributed by atoms with Crippen LogP contribution in [0.5, 0.6) is 5.75 Å². The molecule has 0 aliphatic rings. The Morgan fingerprint density at radius 1 is 1.00 bits per heavy atom. The standard InChI is InChI=1S/C20H18ClNO2/c1-22(13-16-8-3-5-11-18(16)21)20(23)14-24-19-12-6-9-15-7-2-4-10-17(15)19/h2-12H,13-14H2,1H3. The highest BCUT2D eigenvalue weighted by atomic mass is 35.5. The number of hydrogen-bond acceptors (Lipinski definition) is 2. The van der Waals surface area contributed by atoms with E-state index in [2.05, 4.69) is 0 Å². The molecule has 122 valence electrons. The Labute approximate surface area is 146 Å². The zero-order valence-electron chi connectivity index (χ0n) is 13.4. The average Bonchev–Trinajstić information content (AvgIpc) is 2.61. The number of carbonyl (C=O) groups excluding carboxylic acids is 1. The van der Waals surface area contributed by atoms with Crippen LogP contribution in [0, 0.1) is 0 Å². The summed E-state index contributed by atoms with van der Waals surface area (Å²) < 4.78 is 5.75. The number of likely N-dealkylation sites (N-methyl/N-ethyl adjacent to an activating group) is 1. The molecule has 0 radical (unpaired) electrons. The van der Waals surface area contributed by atoms with Gasteiger partial charge in [0.25, 0.3) is 5.91 Å². The smallest absolute Gasteiger partial charge is 0.260 e. The molecule has 3 aromatic carbocycles. The molecule has 0 aromatic heterocycles. The molecule has 3 aromatic rings. The van der Waals surface area contributed by atoms with Crippen molar-refractivity contribution in [3.05, 3.63) is 77.3 Å². The Balaban J connectivity index is 1.65. The molecule has 0 atom stereocenters. The van der Waals surface area contributed by atoms with Gasteiger partial charge >= 0.3 is 0 Å². The SMILES string of the molecule is CN(Cc1ccccc1Cl)C(=O)COc1cccc2ccccc12. The van der Waals surface area contributed by atoms with E-state index in [4.69, 9.17) is 16.3 Å². The average molecular weight is 340 g/mol. The third kappa shape index (κ3) is 3.69. The highest BCUT2D eigenvalue weighted by Crippen LogP contribution is 2.25. The molecule has 3 nitrogen and oxygen atoms in total. The number of carbonyl (C=O) groups is 1. The zero-order chi connectivity index (χ0) is 16.9. The van der Waals surface area contributed by atoms with Crippen molar-refractivity contribution in [3.63, 3.8) is 0 Å². The summed E-state index contributed by atoms with van der Waals surface area (Å²) in [6.45, 7) is 0.451. The van der Waals surface area contributed by atoms with Crippen molar-refractivity contribution >= 4 is 28.3 Å². The first kappa shape index (κ1) is 16.3. The molecule has 24 heavy (non-hydrogen) atoms. The molecule has 0 N–H and O–H groups in total. The van der Waals surface area contributed by atoms with Gasteiger partial charge in [0.2, 0.25) is 0 Å². The summed E-state index contributed by atoms with van der Waals surface area (Å²) >= 11 is 6.14. The van der Waals surface area contributed by atoms with E-state index >= 15 is 0 Å². The minimum absolute atomic E-state index is 0.00500. The van der Waals surface area contributed by atoms with Crippen molar-refractivity contribution in [2.45, 2.75) is 6.54 Å². The van der Waals surface area contributed by atoms with E-state index in [9.17, 15) is 4.79 Å². The summed E-state index contributed by atoms with van der Waals surface area (Å²) in [5.74, 6) is 0.621. The molecular formula is C20H18ClNO2. The maximum absolute atomic E-state index is 12.3. The monoisotopic (exact) mass is 339 g/mol. The van der Waals surface area contributed by atoms with Gasteiger partial charge in [0.15, 0.2) is 6.61 Å². The molecule has 3 rings (SSSR count). The number of amides is 1. The molecule has 0 spiro atoms. The highest BCUT2D eigenvalue weighted by Gasteiger charge is 2.12. The second-order valence-corrected chi connectivity index (χ2v) is 6.01. The second-order valence-electron chi connectivity index (χ2n) is 5.61. The fraction of sp³-hybridized carbons (Fsp3) is 0.150. The summed E-state index contributed by atoms with van der Waals surface area (Å²) in [5, 5.41) is 2.75. The van der Waals surface area contributed by atoms with Crippen LogP contribution in [0.2, 0.25) is 5.02 Å². The fourth-order valence-electron chi connectivity index (χ4n) is 2.54. The van der Waals surface area contributed by atoms with E-state index in [1.807, 2.05) is 66.7 Å². The van der Waals surface area contributed by atoms with Crippen LogP contribution >= 0.6 is 11.6 Å². The van der Waals surface area contributed by atoms with Crippen LogP contribution in [0.4, 0.5) is 0 Å². The van der Waals surface area contributed by atoms with E-state index < -0.39 is 0 Å².